The third kappa shape index (κ3) is 1.58. The van der Waals surface area contributed by atoms with Gasteiger partial charge in [0.15, 0.2) is 0 Å². The first kappa shape index (κ1) is 3.58. The van der Waals surface area contributed by atoms with E-state index in [4.69, 9.17) is 4.79 Å². The number of rotatable bonds is 1. The molecule has 0 rings (SSSR count). The highest BCUT2D eigenvalue weighted by Crippen LogP contribution is 1.53. The normalized spacial score (nSPS) is 5.25. The van der Waals surface area contributed by atoms with Crippen molar-refractivity contribution in [2.24, 2.45) is 0 Å². The lowest BCUT2D eigenvalue weighted by Gasteiger charge is -1.28. The van der Waals surface area contributed by atoms with Gasteiger partial charge < -0.3 is 0 Å². The van der Waals surface area contributed by atoms with Crippen LogP contribution in [0.25, 0.3) is 0 Å². The van der Waals surface area contributed by atoms with E-state index in [0.29, 0.717) is 6.42 Å². The van der Waals surface area contributed by atoms with Crippen LogP contribution in [0.1, 0.15) is 13.3 Å². The van der Waals surface area contributed by atoms with E-state index in [2.05, 4.69) is 0 Å². The van der Waals surface area contributed by atoms with Crippen LogP contribution >= 0.6 is 0 Å². The molecule has 0 aromatic rings. The summed E-state index contributed by atoms with van der Waals surface area (Å²) in [5.74, 6) is 0. The average molecular weight is 57.1 g/mol. The molecule has 0 aliphatic carbocycles. The van der Waals surface area contributed by atoms with E-state index in [-0.39, 0.29) is 0 Å². The van der Waals surface area contributed by atoms with Gasteiger partial charge in [-0.2, -0.15) is 0 Å². The molecular formula is C3H5O+. The molecule has 0 aromatic carbocycles. The van der Waals surface area contributed by atoms with Crippen LogP contribution in [0.15, 0.2) is 0 Å². The Bertz CT molecular complexity index is 17.2. The lowest BCUT2D eigenvalue weighted by atomic mass is 10.6. The van der Waals surface area contributed by atoms with Gasteiger partial charge in [0.05, 0.1) is 0 Å². The fourth-order valence-corrected chi connectivity index (χ4v) is 0. The zero-order valence-electron chi connectivity index (χ0n) is 2.62. The van der Waals surface area contributed by atoms with Crippen molar-refractivity contribution in [2.75, 3.05) is 0 Å². The van der Waals surface area contributed by atoms with E-state index >= 15 is 0 Å². The molecule has 22 valence electrons. The maximum atomic E-state index is 9.05. The molecule has 0 radical (unpaired) electrons. The lowest BCUT2D eigenvalue weighted by Crippen LogP contribution is -1.54. The van der Waals surface area contributed by atoms with E-state index in [1.807, 2.05) is 0 Å². The summed E-state index contributed by atoms with van der Waals surface area (Å²) in [6.07, 6.45) is 2.19. The zero-order chi connectivity index (χ0) is 3.41. The molecule has 0 aliphatic heterocycles. The standard InChI is InChI=1S/C3H5O/c1-2-3-4/h2H2,1H3/q+1. The predicted octanol–water partition coefficient (Wildman–Crippen LogP) is 0.506. The SMILES string of the molecule is CC[C+]=O. The number of hydrogen-bond acceptors (Lipinski definition) is 1. The van der Waals surface area contributed by atoms with Crippen molar-refractivity contribution < 1.29 is 4.79 Å². The quantitative estimate of drug-likeness (QED) is 0.401. The second-order valence-electron chi connectivity index (χ2n) is 0.498. The molecule has 0 aliphatic rings. The molecule has 1 nitrogen and oxygen atoms in total. The zero-order valence-corrected chi connectivity index (χ0v) is 2.62. The minimum Gasteiger partial charge on any atom is -0.00987 e. The number of carbonyl (C=O) groups excluding carboxylic acids is 1. The Hall–Kier alpha value is -0.420. The molecule has 0 atom stereocenters. The largest absolute Gasteiger partial charge is 0.505 e. The highest BCUT2D eigenvalue weighted by molar-refractivity contribution is 5.49. The van der Waals surface area contributed by atoms with Crippen molar-refractivity contribution >= 4 is 6.29 Å². The third-order valence-electron chi connectivity index (χ3n) is 0.144. The molecule has 4 heavy (non-hydrogen) atoms. The van der Waals surface area contributed by atoms with Gasteiger partial charge in [-0.1, -0.05) is 0 Å². The molecular weight excluding hydrogens is 52.0 g/mol. The van der Waals surface area contributed by atoms with E-state index in [0.717, 1.165) is 0 Å². The van der Waals surface area contributed by atoms with Crippen molar-refractivity contribution in [3.8, 4) is 0 Å². The first-order valence-corrected chi connectivity index (χ1v) is 1.26. The minimum absolute atomic E-state index is 0.514. The fraction of sp³-hybridized carbons (Fsp3) is 0.667. The van der Waals surface area contributed by atoms with Crippen molar-refractivity contribution in [1.82, 2.24) is 0 Å². The topological polar surface area (TPSA) is 17.1 Å². The van der Waals surface area contributed by atoms with Gasteiger partial charge in [0.2, 0.25) is 6.42 Å². The Balaban J connectivity index is 2.30. The van der Waals surface area contributed by atoms with Gasteiger partial charge in [-0.05, 0) is 6.92 Å². The smallest absolute Gasteiger partial charge is 0.00987 e. The summed E-state index contributed by atoms with van der Waals surface area (Å²) in [4.78, 5) is 9.05. The average Bonchev–Trinajstić information content (AvgIpc) is 1.37. The lowest BCUT2D eigenvalue weighted by molar-refractivity contribution is 0.554. The van der Waals surface area contributed by atoms with Crippen LogP contribution in [0.5, 0.6) is 0 Å². The van der Waals surface area contributed by atoms with Gasteiger partial charge in [-0.15, -0.1) is 0 Å². The van der Waals surface area contributed by atoms with Crippen LogP contribution in [0, 0.1) is 0 Å². The summed E-state index contributed by atoms with van der Waals surface area (Å²) in [6, 6.07) is 0. The summed E-state index contributed by atoms with van der Waals surface area (Å²) < 4.78 is 0. The van der Waals surface area contributed by atoms with Crippen molar-refractivity contribution in [3.05, 3.63) is 0 Å². The van der Waals surface area contributed by atoms with Crippen LogP contribution in [-0.2, 0) is 4.79 Å². The van der Waals surface area contributed by atoms with Gasteiger partial charge in [-0.3, -0.25) is 0 Å². The van der Waals surface area contributed by atoms with Crippen molar-refractivity contribution in [1.29, 1.82) is 0 Å². The van der Waals surface area contributed by atoms with Gasteiger partial charge in [0.1, 0.15) is 0 Å². The second-order valence-corrected chi connectivity index (χ2v) is 0.498. The Morgan fingerprint density at radius 3 is 2.25 bits per heavy atom. The molecule has 0 amide bonds. The van der Waals surface area contributed by atoms with E-state index in [1.54, 1.807) is 13.2 Å². The predicted molar refractivity (Wildman–Crippen MR) is 16.0 cm³/mol. The molecule has 0 aromatic heterocycles. The molecule has 0 bridgehead atoms. The van der Waals surface area contributed by atoms with E-state index < -0.39 is 0 Å². The molecule has 0 N–H and O–H groups in total. The van der Waals surface area contributed by atoms with E-state index in [9.17, 15) is 0 Å². The molecule has 0 saturated carbocycles. The fourth-order valence-electron chi connectivity index (χ4n) is 0. The summed E-state index contributed by atoms with van der Waals surface area (Å²) in [6.45, 7) is 1.76. The van der Waals surface area contributed by atoms with Crippen LogP contribution < -0.4 is 0 Å². The highest BCUT2D eigenvalue weighted by Gasteiger charge is 1.78. The van der Waals surface area contributed by atoms with Crippen LogP contribution in [0.4, 0.5) is 0 Å². The summed E-state index contributed by atoms with van der Waals surface area (Å²) in [5, 5.41) is 0. The van der Waals surface area contributed by atoms with E-state index in [1.165, 1.54) is 0 Å². The summed E-state index contributed by atoms with van der Waals surface area (Å²) in [7, 11) is 0. The monoisotopic (exact) mass is 57.0 g/mol. The molecule has 0 fully saturated rings. The Morgan fingerprint density at radius 1 is 2.00 bits per heavy atom. The van der Waals surface area contributed by atoms with Gasteiger partial charge >= 0.3 is 6.29 Å². The minimum atomic E-state index is 0.514. The van der Waals surface area contributed by atoms with Crippen LogP contribution in [0.2, 0.25) is 0 Å². The van der Waals surface area contributed by atoms with Crippen LogP contribution in [0.3, 0.4) is 0 Å². The second kappa shape index (κ2) is 2.58. The first-order valence-electron chi connectivity index (χ1n) is 1.26. The highest BCUT2D eigenvalue weighted by atomic mass is 16.1. The Morgan fingerprint density at radius 2 is 2.25 bits per heavy atom. The molecule has 0 unspecified atom stereocenters. The maximum Gasteiger partial charge on any atom is 0.505 e. The number of hydrogen-bond donors (Lipinski definition) is 0. The molecule has 1 heteroatoms. The summed E-state index contributed by atoms with van der Waals surface area (Å²) >= 11 is 0. The Labute approximate surface area is 25.6 Å². The van der Waals surface area contributed by atoms with Crippen LogP contribution in [-0.4, -0.2) is 6.29 Å². The molecule has 0 spiro atoms. The summed E-state index contributed by atoms with van der Waals surface area (Å²) in [5.41, 5.74) is 0. The van der Waals surface area contributed by atoms with Crippen molar-refractivity contribution in [3.63, 3.8) is 0 Å². The van der Waals surface area contributed by atoms with Gasteiger partial charge in [-0.25, -0.2) is 0 Å². The Kier molecular flexibility index (Phi) is 2.31. The van der Waals surface area contributed by atoms with Gasteiger partial charge in [0.25, 0.3) is 0 Å². The maximum absolute atomic E-state index is 9.05. The first-order chi connectivity index (χ1) is 1.91. The molecule has 0 saturated heterocycles. The van der Waals surface area contributed by atoms with Gasteiger partial charge in [0, 0.05) is 4.79 Å². The van der Waals surface area contributed by atoms with Crippen molar-refractivity contribution in [2.45, 2.75) is 13.3 Å². The molecule has 0 heterocycles. The third-order valence-corrected chi connectivity index (χ3v) is 0.144.